The van der Waals surface area contributed by atoms with Crippen molar-refractivity contribution < 1.29 is 24.6 Å². The van der Waals surface area contributed by atoms with Crippen LogP contribution in [0.4, 0.5) is 4.79 Å². The van der Waals surface area contributed by atoms with Crippen molar-refractivity contribution in [3.8, 4) is 0 Å². The summed E-state index contributed by atoms with van der Waals surface area (Å²) < 4.78 is 4.45. The largest absolute Gasteiger partial charge is 0.507 e. The summed E-state index contributed by atoms with van der Waals surface area (Å²) in [6.07, 6.45) is 0.172. The van der Waals surface area contributed by atoms with Crippen molar-refractivity contribution in [2.75, 3.05) is 0 Å². The molecule has 8 heteroatoms. The van der Waals surface area contributed by atoms with E-state index in [1.807, 2.05) is 0 Å². The van der Waals surface area contributed by atoms with E-state index < -0.39 is 22.4 Å². The minimum Gasteiger partial charge on any atom is -0.450 e. The summed E-state index contributed by atoms with van der Waals surface area (Å²) in [6.45, 7) is 3.05. The van der Waals surface area contributed by atoms with Gasteiger partial charge in [0.1, 0.15) is 6.10 Å². The summed E-state index contributed by atoms with van der Waals surface area (Å²) in [5.74, 6) is 0. The zero-order chi connectivity index (χ0) is 13.5. The maximum atomic E-state index is 10.3. The molecule has 0 aliphatic heterocycles. The van der Waals surface area contributed by atoms with E-state index in [4.69, 9.17) is 16.7 Å². The van der Waals surface area contributed by atoms with Crippen LogP contribution in [0.3, 0.4) is 0 Å². The van der Waals surface area contributed by atoms with Crippen LogP contribution >= 0.6 is 11.6 Å². The van der Waals surface area contributed by atoms with Gasteiger partial charge >= 0.3 is 6.16 Å². The van der Waals surface area contributed by atoms with E-state index in [1.54, 1.807) is 6.92 Å². The molecule has 0 aliphatic rings. The van der Waals surface area contributed by atoms with E-state index in [9.17, 15) is 14.9 Å². The quantitative estimate of drug-likeness (QED) is 0.239. The molecule has 0 heterocycles. The summed E-state index contributed by atoms with van der Waals surface area (Å²) in [5.41, 5.74) is 0. The molecule has 0 aromatic rings. The normalized spacial score (nSPS) is 15.7. The molecular weight excluding hydrogens is 254 g/mol. The lowest BCUT2D eigenvalue weighted by molar-refractivity contribution is -0.767. The fraction of sp³-hybridized carbons (Fsp3) is 0.889. The highest BCUT2D eigenvalue weighted by molar-refractivity contribution is 6.23. The smallest absolute Gasteiger partial charge is 0.450 e. The second-order valence-electron chi connectivity index (χ2n) is 3.86. The molecule has 1 unspecified atom stereocenters. The van der Waals surface area contributed by atoms with Gasteiger partial charge in [-0.3, -0.25) is 0 Å². The average molecular weight is 270 g/mol. The van der Waals surface area contributed by atoms with Gasteiger partial charge in [0, 0.05) is 6.42 Å². The van der Waals surface area contributed by atoms with Gasteiger partial charge in [0.15, 0.2) is 5.06 Å². The SMILES string of the molecule is C[C@H](CCCCC(C)(Cl)OC(=O)O)O[N+](=O)[O-]. The molecule has 0 spiro atoms. The standard InChI is InChI=1S/C9H16ClNO6/c1-7(17-11(14)15)5-3-4-6-9(2,10)16-8(12)13/h7H,3-6H2,1-2H3,(H,12,13)/t7-,9?/m1/s1. The number of alkyl halides is 1. The fourth-order valence-corrected chi connectivity index (χ4v) is 1.50. The van der Waals surface area contributed by atoms with Crippen molar-refractivity contribution in [3.63, 3.8) is 0 Å². The van der Waals surface area contributed by atoms with Gasteiger partial charge in [0.05, 0.1) is 0 Å². The van der Waals surface area contributed by atoms with Gasteiger partial charge in [-0.05, 0) is 26.7 Å². The van der Waals surface area contributed by atoms with Gasteiger partial charge in [0.2, 0.25) is 0 Å². The molecule has 0 radical (unpaired) electrons. The summed E-state index contributed by atoms with van der Waals surface area (Å²) in [6, 6.07) is 0. The lowest BCUT2D eigenvalue weighted by Crippen LogP contribution is -2.24. The summed E-state index contributed by atoms with van der Waals surface area (Å²) in [4.78, 5) is 24.6. The molecule has 0 aliphatic carbocycles. The minimum absolute atomic E-state index is 0.339. The minimum atomic E-state index is -1.42. The molecule has 0 aromatic carbocycles. The Labute approximate surface area is 104 Å². The van der Waals surface area contributed by atoms with Gasteiger partial charge < -0.3 is 14.7 Å². The van der Waals surface area contributed by atoms with Crippen molar-refractivity contribution >= 4 is 17.8 Å². The Morgan fingerprint density at radius 2 is 2.18 bits per heavy atom. The van der Waals surface area contributed by atoms with E-state index in [2.05, 4.69) is 9.57 Å². The van der Waals surface area contributed by atoms with E-state index >= 15 is 0 Å². The van der Waals surface area contributed by atoms with Gasteiger partial charge in [-0.1, -0.05) is 18.0 Å². The Kier molecular flexibility index (Phi) is 6.64. The van der Waals surface area contributed by atoms with Crippen LogP contribution in [-0.2, 0) is 9.57 Å². The number of hydrogen-bond donors (Lipinski definition) is 1. The predicted molar refractivity (Wildman–Crippen MR) is 59.4 cm³/mol. The van der Waals surface area contributed by atoms with Crippen molar-refractivity contribution in [3.05, 3.63) is 10.1 Å². The lowest BCUT2D eigenvalue weighted by Gasteiger charge is -2.20. The Morgan fingerprint density at radius 1 is 1.59 bits per heavy atom. The molecular formula is C9H16ClNO6. The molecule has 0 bridgehead atoms. The monoisotopic (exact) mass is 269 g/mol. The molecule has 1 N–H and O–H groups in total. The third-order valence-electron chi connectivity index (χ3n) is 2.05. The van der Waals surface area contributed by atoms with Crippen molar-refractivity contribution in [1.82, 2.24) is 0 Å². The summed E-state index contributed by atoms with van der Waals surface area (Å²) >= 11 is 5.79. The third-order valence-corrected chi connectivity index (χ3v) is 2.32. The highest BCUT2D eigenvalue weighted by Gasteiger charge is 2.24. The molecule has 7 nitrogen and oxygen atoms in total. The molecule has 0 aromatic heterocycles. The first-order chi connectivity index (χ1) is 7.73. The molecule has 100 valence electrons. The Bertz CT molecular complexity index is 270. The van der Waals surface area contributed by atoms with Crippen LogP contribution < -0.4 is 0 Å². The van der Waals surface area contributed by atoms with E-state index in [1.165, 1.54) is 6.92 Å². The number of carboxylic acid groups (broad SMARTS) is 1. The van der Waals surface area contributed by atoms with Crippen molar-refractivity contribution in [2.45, 2.75) is 50.7 Å². The fourth-order valence-electron chi connectivity index (χ4n) is 1.31. The van der Waals surface area contributed by atoms with Crippen molar-refractivity contribution in [2.24, 2.45) is 0 Å². The average Bonchev–Trinajstić information content (AvgIpc) is 2.09. The molecule has 0 fully saturated rings. The van der Waals surface area contributed by atoms with Gasteiger partial charge in [0.25, 0.3) is 5.09 Å². The summed E-state index contributed by atoms with van der Waals surface area (Å²) in [7, 11) is 0. The first kappa shape index (κ1) is 15.8. The zero-order valence-electron chi connectivity index (χ0n) is 9.72. The van der Waals surface area contributed by atoms with Crippen molar-refractivity contribution in [1.29, 1.82) is 0 Å². The molecule has 0 saturated carbocycles. The molecule has 2 atom stereocenters. The highest BCUT2D eigenvalue weighted by Crippen LogP contribution is 2.24. The number of carbonyl (C=O) groups is 1. The first-order valence-electron chi connectivity index (χ1n) is 5.15. The maximum Gasteiger partial charge on any atom is 0.507 e. The molecule has 0 amide bonds. The Balaban J connectivity index is 3.69. The number of unbranched alkanes of at least 4 members (excludes halogenated alkanes) is 1. The van der Waals surface area contributed by atoms with Gasteiger partial charge in [-0.2, -0.15) is 0 Å². The third kappa shape index (κ3) is 9.68. The number of halogens is 1. The highest BCUT2D eigenvalue weighted by atomic mass is 35.5. The predicted octanol–water partition coefficient (Wildman–Crippen LogP) is 2.79. The topological polar surface area (TPSA) is 98.9 Å². The van der Waals surface area contributed by atoms with Crippen LogP contribution in [-0.4, -0.2) is 27.5 Å². The van der Waals surface area contributed by atoms with Crippen LogP contribution in [0.5, 0.6) is 0 Å². The van der Waals surface area contributed by atoms with Crippen LogP contribution in [0.15, 0.2) is 0 Å². The van der Waals surface area contributed by atoms with Crippen LogP contribution in [0.2, 0.25) is 0 Å². The van der Waals surface area contributed by atoms with E-state index in [0.29, 0.717) is 25.7 Å². The van der Waals surface area contributed by atoms with E-state index in [-0.39, 0.29) is 0 Å². The van der Waals surface area contributed by atoms with Crippen LogP contribution in [0, 0.1) is 10.1 Å². The molecule has 0 rings (SSSR count). The Hall–Kier alpha value is -1.24. The van der Waals surface area contributed by atoms with E-state index in [0.717, 1.165) is 0 Å². The summed E-state index contributed by atoms with van der Waals surface area (Å²) in [5, 5.41) is 16.3. The Morgan fingerprint density at radius 3 is 2.65 bits per heavy atom. The van der Waals surface area contributed by atoms with Crippen LogP contribution in [0.25, 0.3) is 0 Å². The molecule has 0 saturated heterocycles. The van der Waals surface area contributed by atoms with Gasteiger partial charge in [-0.15, -0.1) is 10.1 Å². The lowest BCUT2D eigenvalue weighted by atomic mass is 10.1. The van der Waals surface area contributed by atoms with Crippen LogP contribution in [0.1, 0.15) is 39.5 Å². The number of ether oxygens (including phenoxy) is 1. The zero-order valence-corrected chi connectivity index (χ0v) is 10.5. The first-order valence-corrected chi connectivity index (χ1v) is 5.53. The van der Waals surface area contributed by atoms with Gasteiger partial charge in [-0.25, -0.2) is 4.79 Å². The second kappa shape index (κ2) is 7.16. The molecule has 17 heavy (non-hydrogen) atoms. The number of nitrogens with zero attached hydrogens (tertiary/aromatic N) is 1. The number of hydrogen-bond acceptors (Lipinski definition) is 5. The maximum absolute atomic E-state index is 10.3. The number of rotatable bonds is 8. The second-order valence-corrected chi connectivity index (χ2v) is 4.65.